The van der Waals surface area contributed by atoms with Crippen molar-refractivity contribution in [3.05, 3.63) is 72.2 Å². The molecule has 160 valence electrons. The van der Waals surface area contributed by atoms with Crippen LogP contribution in [0.15, 0.2) is 59.3 Å². The molecule has 0 atom stereocenters. The summed E-state index contributed by atoms with van der Waals surface area (Å²) in [5, 5.41) is 2.89. The fraction of sp³-hybridized carbons (Fsp3) is 0.261. The van der Waals surface area contributed by atoms with Crippen molar-refractivity contribution in [1.29, 1.82) is 0 Å². The molecule has 1 aliphatic heterocycles. The van der Waals surface area contributed by atoms with Crippen LogP contribution in [0.5, 0.6) is 11.5 Å². The smallest absolute Gasteiger partial charge is 0.291 e. The van der Waals surface area contributed by atoms with E-state index in [1.54, 1.807) is 54.3 Å². The monoisotopic (exact) mass is 423 g/mol. The highest BCUT2D eigenvalue weighted by atomic mass is 19.1. The summed E-state index contributed by atoms with van der Waals surface area (Å²) in [6.45, 7) is 2.68. The van der Waals surface area contributed by atoms with E-state index in [0.717, 1.165) is 0 Å². The number of nitrogens with zero attached hydrogens (tertiary/aromatic N) is 2. The van der Waals surface area contributed by atoms with Gasteiger partial charge in [0.25, 0.3) is 5.91 Å². The Morgan fingerprint density at radius 3 is 2.48 bits per heavy atom. The van der Waals surface area contributed by atoms with Gasteiger partial charge in [0.1, 0.15) is 5.75 Å². The Bertz CT molecular complexity index is 1070. The molecule has 0 radical (unpaired) electrons. The third-order valence-corrected chi connectivity index (χ3v) is 5.28. The molecule has 3 aromatic rings. The number of hydrogen-bond donors (Lipinski definition) is 1. The second-order valence-corrected chi connectivity index (χ2v) is 7.38. The van der Waals surface area contributed by atoms with E-state index in [1.807, 2.05) is 0 Å². The Hall–Kier alpha value is -3.68. The molecule has 1 fully saturated rings. The second-order valence-electron chi connectivity index (χ2n) is 7.38. The summed E-state index contributed by atoms with van der Waals surface area (Å²) in [6.07, 6.45) is 2.40. The lowest BCUT2D eigenvalue weighted by molar-refractivity contribution is -0.121. The predicted molar refractivity (Wildman–Crippen MR) is 111 cm³/mol. The van der Waals surface area contributed by atoms with Gasteiger partial charge in [-0.15, -0.1) is 0 Å². The third-order valence-electron chi connectivity index (χ3n) is 5.28. The number of oxazole rings is 1. The summed E-state index contributed by atoms with van der Waals surface area (Å²) >= 11 is 0. The van der Waals surface area contributed by atoms with Gasteiger partial charge in [-0.2, -0.15) is 0 Å². The molecule has 1 aliphatic rings. The van der Waals surface area contributed by atoms with Crippen LogP contribution in [0.3, 0.4) is 0 Å². The van der Waals surface area contributed by atoms with Crippen LogP contribution in [0.2, 0.25) is 0 Å². The van der Waals surface area contributed by atoms with E-state index in [0.29, 0.717) is 43.1 Å². The number of halogens is 1. The number of anilines is 1. The van der Waals surface area contributed by atoms with Gasteiger partial charge in [0.15, 0.2) is 18.0 Å². The number of nitrogens with one attached hydrogen (secondary N) is 1. The number of amides is 2. The molecule has 2 amide bonds. The first kappa shape index (κ1) is 20.6. The van der Waals surface area contributed by atoms with Crippen molar-refractivity contribution >= 4 is 17.5 Å². The quantitative estimate of drug-likeness (QED) is 0.657. The lowest BCUT2D eigenvalue weighted by Gasteiger charge is -2.30. The van der Waals surface area contributed by atoms with Crippen LogP contribution in [-0.4, -0.2) is 34.8 Å². The zero-order valence-electron chi connectivity index (χ0n) is 17.0. The van der Waals surface area contributed by atoms with Crippen LogP contribution >= 0.6 is 0 Å². The number of likely N-dealkylation sites (tertiary alicyclic amines) is 1. The van der Waals surface area contributed by atoms with E-state index in [-0.39, 0.29) is 29.2 Å². The molecule has 1 aromatic heterocycles. The van der Waals surface area contributed by atoms with Crippen LogP contribution in [0.4, 0.5) is 10.1 Å². The van der Waals surface area contributed by atoms with Gasteiger partial charge in [-0.25, -0.2) is 9.37 Å². The van der Waals surface area contributed by atoms with Gasteiger partial charge in [-0.3, -0.25) is 9.59 Å². The Kier molecular flexibility index (Phi) is 5.97. The first-order valence-electron chi connectivity index (χ1n) is 10.0. The summed E-state index contributed by atoms with van der Waals surface area (Å²) in [7, 11) is 0. The van der Waals surface area contributed by atoms with Gasteiger partial charge >= 0.3 is 0 Å². The average molecular weight is 423 g/mol. The van der Waals surface area contributed by atoms with Crippen molar-refractivity contribution in [3.8, 4) is 11.5 Å². The van der Waals surface area contributed by atoms with Crippen molar-refractivity contribution in [2.24, 2.45) is 5.92 Å². The number of aryl methyl sites for hydroxylation is 1. The van der Waals surface area contributed by atoms with Gasteiger partial charge in [-0.05, 0) is 56.2 Å². The number of carbonyl (C=O) groups is 2. The lowest BCUT2D eigenvalue weighted by Crippen LogP contribution is -2.41. The molecule has 2 aromatic carbocycles. The minimum Gasteiger partial charge on any atom is -0.454 e. The maximum Gasteiger partial charge on any atom is 0.291 e. The van der Waals surface area contributed by atoms with Crippen molar-refractivity contribution in [2.45, 2.75) is 19.8 Å². The number of rotatable bonds is 5. The zero-order valence-corrected chi connectivity index (χ0v) is 17.0. The Labute approximate surface area is 178 Å². The van der Waals surface area contributed by atoms with Gasteiger partial charge in [0.05, 0.1) is 5.69 Å². The van der Waals surface area contributed by atoms with E-state index in [4.69, 9.17) is 9.15 Å². The minimum absolute atomic E-state index is 0.0919. The van der Waals surface area contributed by atoms with Crippen LogP contribution in [0.25, 0.3) is 0 Å². The molecule has 1 N–H and O–H groups in total. The fourth-order valence-corrected chi connectivity index (χ4v) is 3.50. The maximum absolute atomic E-state index is 13.7. The number of hydrogen-bond acceptors (Lipinski definition) is 5. The molecule has 0 unspecified atom stereocenters. The molecule has 1 saturated heterocycles. The second kappa shape index (κ2) is 8.99. The van der Waals surface area contributed by atoms with Crippen molar-refractivity contribution in [3.63, 3.8) is 0 Å². The highest BCUT2D eigenvalue weighted by Crippen LogP contribution is 2.26. The van der Waals surface area contributed by atoms with Crippen LogP contribution in [0.1, 0.15) is 29.1 Å². The molecular weight excluding hydrogens is 401 g/mol. The van der Waals surface area contributed by atoms with E-state index >= 15 is 0 Å². The molecule has 8 heteroatoms. The lowest BCUT2D eigenvalue weighted by atomic mass is 9.95. The Balaban J connectivity index is 1.29. The number of benzene rings is 2. The predicted octanol–water partition coefficient (Wildman–Crippen LogP) is 4.41. The molecule has 0 aliphatic carbocycles. The van der Waals surface area contributed by atoms with Gasteiger partial charge in [0.2, 0.25) is 11.7 Å². The summed E-state index contributed by atoms with van der Waals surface area (Å²) in [5.41, 5.74) is 1.19. The molecule has 4 rings (SSSR count). The summed E-state index contributed by atoms with van der Waals surface area (Å²) in [4.78, 5) is 30.8. The first-order valence-corrected chi connectivity index (χ1v) is 10.0. The Morgan fingerprint density at radius 1 is 1.13 bits per heavy atom. The normalized spacial score (nSPS) is 14.3. The average Bonchev–Trinajstić information content (AvgIpc) is 3.22. The third kappa shape index (κ3) is 4.74. The Morgan fingerprint density at radius 2 is 1.84 bits per heavy atom. The maximum atomic E-state index is 13.7. The largest absolute Gasteiger partial charge is 0.454 e. The number of aromatic nitrogens is 1. The molecule has 31 heavy (non-hydrogen) atoms. The molecule has 2 heterocycles. The number of piperidine rings is 1. The van der Waals surface area contributed by atoms with Crippen molar-refractivity contribution < 1.29 is 23.1 Å². The summed E-state index contributed by atoms with van der Waals surface area (Å²) < 4.78 is 24.4. The van der Waals surface area contributed by atoms with Gasteiger partial charge < -0.3 is 19.4 Å². The number of para-hydroxylation sites is 1. The van der Waals surface area contributed by atoms with Crippen LogP contribution in [-0.2, 0) is 4.79 Å². The SMILES string of the molecule is Cc1ncoc1C(=O)N1CCC(C(=O)Nc2ccc(Oc3ccccc3F)cc2)CC1. The minimum atomic E-state index is -0.442. The molecular formula is C23H22FN3O4. The highest BCUT2D eigenvalue weighted by molar-refractivity contribution is 5.94. The number of carbonyl (C=O) groups excluding carboxylic acids is 2. The molecule has 7 nitrogen and oxygen atoms in total. The van der Waals surface area contributed by atoms with Crippen LogP contribution < -0.4 is 10.1 Å². The van der Waals surface area contributed by atoms with E-state index < -0.39 is 5.82 Å². The molecule has 0 spiro atoms. The summed E-state index contributed by atoms with van der Waals surface area (Å²) in [5.74, 6) is -0.0539. The van der Waals surface area contributed by atoms with Gasteiger partial charge in [-0.1, -0.05) is 12.1 Å². The standard InChI is InChI=1S/C23H22FN3O4/c1-15-21(30-14-25-15)23(29)27-12-10-16(11-13-27)22(28)26-17-6-8-18(9-7-17)31-20-5-3-2-4-19(20)24/h2-9,14,16H,10-13H2,1H3,(H,26,28). The highest BCUT2D eigenvalue weighted by Gasteiger charge is 2.29. The van der Waals surface area contributed by atoms with E-state index in [9.17, 15) is 14.0 Å². The number of ether oxygens (including phenoxy) is 1. The summed E-state index contributed by atoms with van der Waals surface area (Å²) in [6, 6.07) is 12.9. The van der Waals surface area contributed by atoms with Crippen molar-refractivity contribution in [2.75, 3.05) is 18.4 Å². The van der Waals surface area contributed by atoms with Crippen LogP contribution in [0, 0.1) is 18.7 Å². The topological polar surface area (TPSA) is 84.7 Å². The fourth-order valence-electron chi connectivity index (χ4n) is 3.50. The van der Waals surface area contributed by atoms with Gasteiger partial charge in [0, 0.05) is 24.7 Å². The van der Waals surface area contributed by atoms with E-state index in [1.165, 1.54) is 12.5 Å². The first-order chi connectivity index (χ1) is 15.0. The zero-order chi connectivity index (χ0) is 21.8. The molecule has 0 saturated carbocycles. The molecule has 0 bridgehead atoms. The van der Waals surface area contributed by atoms with E-state index in [2.05, 4.69) is 10.3 Å². The van der Waals surface area contributed by atoms with Crippen molar-refractivity contribution in [1.82, 2.24) is 9.88 Å².